The molecular weight excluding hydrogens is 561 g/mol. The fraction of sp³-hybridized carbons (Fsp3) is 0.258. The summed E-state index contributed by atoms with van der Waals surface area (Å²) in [6.45, 7) is 10.3. The third-order valence-corrected chi connectivity index (χ3v) is 7.75. The van der Waals surface area contributed by atoms with Crippen molar-refractivity contribution in [2.75, 3.05) is 24.5 Å². The monoisotopic (exact) mass is 589 g/mol. The number of nitrogens with zero attached hydrogens (tertiary/aromatic N) is 5. The summed E-state index contributed by atoms with van der Waals surface area (Å²) >= 11 is 6.72. The van der Waals surface area contributed by atoms with Crippen LogP contribution in [0, 0.1) is 5.82 Å². The minimum absolute atomic E-state index is 0.0834. The van der Waals surface area contributed by atoms with Crippen molar-refractivity contribution in [2.24, 2.45) is 0 Å². The Bertz CT molecular complexity index is 1800. The molecule has 11 heteroatoms. The van der Waals surface area contributed by atoms with Gasteiger partial charge in [0, 0.05) is 31.2 Å². The highest BCUT2D eigenvalue weighted by Gasteiger charge is 2.31. The highest BCUT2D eigenvalue weighted by Crippen LogP contribution is 2.36. The number of carbonyl (C=O) groups excluding carboxylic acids is 1. The maximum absolute atomic E-state index is 14.9. The number of carbonyl (C=O) groups is 2. The first kappa shape index (κ1) is 28.9. The molecule has 2 aromatic heterocycles. The van der Waals surface area contributed by atoms with Gasteiger partial charge in [0.15, 0.2) is 5.65 Å². The van der Waals surface area contributed by atoms with Crippen molar-refractivity contribution in [1.82, 2.24) is 19.4 Å². The molecule has 3 heterocycles. The van der Waals surface area contributed by atoms with E-state index in [2.05, 4.69) is 11.6 Å². The van der Waals surface area contributed by atoms with Crippen molar-refractivity contribution in [3.63, 3.8) is 0 Å². The van der Waals surface area contributed by atoms with Gasteiger partial charge in [-0.25, -0.2) is 23.5 Å². The van der Waals surface area contributed by atoms with E-state index in [0.29, 0.717) is 30.6 Å². The van der Waals surface area contributed by atoms with Crippen LogP contribution >= 0.6 is 11.6 Å². The Morgan fingerprint density at radius 1 is 1.14 bits per heavy atom. The Hall–Kier alpha value is -4.57. The number of aromatic carboxylic acids is 1. The normalized spacial score (nSPS) is 15.3. The van der Waals surface area contributed by atoms with Gasteiger partial charge < -0.3 is 14.9 Å². The van der Waals surface area contributed by atoms with Crippen molar-refractivity contribution in [3.05, 3.63) is 93.6 Å². The number of carboxylic acid groups (broad SMARTS) is 1. The van der Waals surface area contributed by atoms with Gasteiger partial charge in [-0.3, -0.25) is 4.79 Å². The third kappa shape index (κ3) is 5.02. The number of benzene rings is 2. The molecule has 0 radical (unpaired) electrons. The molecule has 1 aliphatic rings. The topological polar surface area (TPSA) is 109 Å². The maximum Gasteiger partial charge on any atom is 0.355 e. The molecule has 9 nitrogen and oxygen atoms in total. The molecule has 1 saturated heterocycles. The van der Waals surface area contributed by atoms with Gasteiger partial charge in [-0.05, 0) is 48.7 Å². The number of pyridine rings is 1. The second-order valence-corrected chi connectivity index (χ2v) is 10.9. The summed E-state index contributed by atoms with van der Waals surface area (Å²) in [6.07, 6.45) is 1.26. The van der Waals surface area contributed by atoms with Crippen LogP contribution in [0.1, 0.15) is 42.6 Å². The van der Waals surface area contributed by atoms with E-state index in [9.17, 15) is 23.9 Å². The summed E-state index contributed by atoms with van der Waals surface area (Å²) in [4.78, 5) is 51.4. The lowest BCUT2D eigenvalue weighted by molar-refractivity contribution is -0.126. The average Bonchev–Trinajstić information content (AvgIpc) is 2.96. The summed E-state index contributed by atoms with van der Waals surface area (Å²) in [7, 11) is 0. The van der Waals surface area contributed by atoms with Crippen molar-refractivity contribution in [2.45, 2.75) is 32.7 Å². The lowest BCUT2D eigenvalue weighted by Crippen LogP contribution is -2.54. The standard InChI is InChI=1S/C31H29ClFN5O4/c1-5-25(39)36-13-14-37(18(4)16-36)28-22-15-23(32)26(20-9-6-7-12-24(20)33)34-29(22)38(31(42)35-28)27-19(17(2)3)10-8-11-21(27)30(40)41/h5-12,15,17-18H,1,13-14,16H2,2-4H3,(H,40,41). The number of aromatic nitrogens is 3. The maximum atomic E-state index is 14.9. The average molecular weight is 590 g/mol. The second-order valence-electron chi connectivity index (χ2n) is 10.5. The first-order valence-corrected chi connectivity index (χ1v) is 13.8. The predicted molar refractivity (Wildman–Crippen MR) is 160 cm³/mol. The van der Waals surface area contributed by atoms with Gasteiger partial charge in [-0.1, -0.05) is 56.3 Å². The number of fused-ring (bicyclic) bond motifs is 1. The van der Waals surface area contributed by atoms with Crippen LogP contribution < -0.4 is 10.6 Å². The van der Waals surface area contributed by atoms with Crippen LogP contribution in [0.5, 0.6) is 0 Å². The molecule has 1 aliphatic heterocycles. The molecule has 1 atom stereocenters. The van der Waals surface area contributed by atoms with E-state index >= 15 is 0 Å². The number of hydrogen-bond acceptors (Lipinski definition) is 6. The van der Waals surface area contributed by atoms with Crippen molar-refractivity contribution in [3.8, 4) is 16.9 Å². The summed E-state index contributed by atoms with van der Waals surface area (Å²) < 4.78 is 16.1. The molecule has 0 saturated carbocycles. The quantitative estimate of drug-likeness (QED) is 0.305. The minimum atomic E-state index is -1.23. The smallest absolute Gasteiger partial charge is 0.355 e. The lowest BCUT2D eigenvalue weighted by Gasteiger charge is -2.40. The summed E-state index contributed by atoms with van der Waals surface area (Å²) in [5.41, 5.74) is 0.190. The molecule has 1 fully saturated rings. The molecule has 5 rings (SSSR count). The Kier molecular flexibility index (Phi) is 7.83. The number of amides is 1. The first-order valence-electron chi connectivity index (χ1n) is 13.5. The molecular formula is C31H29ClFN5O4. The molecule has 0 aliphatic carbocycles. The summed E-state index contributed by atoms with van der Waals surface area (Å²) in [5, 5.41) is 10.6. The third-order valence-electron chi connectivity index (χ3n) is 7.46. The van der Waals surface area contributed by atoms with Crippen LogP contribution in [0.3, 0.4) is 0 Å². The van der Waals surface area contributed by atoms with Gasteiger partial charge in [0.05, 0.1) is 27.4 Å². The molecule has 0 bridgehead atoms. The number of carboxylic acids is 1. The summed E-state index contributed by atoms with van der Waals surface area (Å²) in [5.74, 6) is -1.84. The van der Waals surface area contributed by atoms with Gasteiger partial charge in [-0.2, -0.15) is 4.98 Å². The fourth-order valence-electron chi connectivity index (χ4n) is 5.42. The van der Waals surface area contributed by atoms with Crippen LogP contribution in [-0.4, -0.2) is 62.1 Å². The molecule has 0 spiro atoms. The number of hydrogen-bond donors (Lipinski definition) is 1. The van der Waals surface area contributed by atoms with Gasteiger partial charge in [0.1, 0.15) is 11.6 Å². The van der Waals surface area contributed by atoms with E-state index < -0.39 is 17.5 Å². The zero-order valence-electron chi connectivity index (χ0n) is 23.3. The van der Waals surface area contributed by atoms with Crippen LogP contribution in [0.4, 0.5) is 10.2 Å². The Morgan fingerprint density at radius 3 is 2.52 bits per heavy atom. The van der Waals surface area contributed by atoms with E-state index in [1.54, 1.807) is 35.2 Å². The Labute approximate surface area is 246 Å². The number of rotatable bonds is 6. The Morgan fingerprint density at radius 2 is 1.88 bits per heavy atom. The highest BCUT2D eigenvalue weighted by molar-refractivity contribution is 6.33. The fourth-order valence-corrected chi connectivity index (χ4v) is 5.67. The molecule has 1 unspecified atom stereocenters. The van der Waals surface area contributed by atoms with Crippen LogP contribution in [0.2, 0.25) is 5.02 Å². The largest absolute Gasteiger partial charge is 0.478 e. The highest BCUT2D eigenvalue weighted by atomic mass is 35.5. The van der Waals surface area contributed by atoms with E-state index in [1.807, 2.05) is 25.7 Å². The van der Waals surface area contributed by atoms with Gasteiger partial charge in [0.2, 0.25) is 5.91 Å². The van der Waals surface area contributed by atoms with Crippen LogP contribution in [0.15, 0.2) is 66.0 Å². The van der Waals surface area contributed by atoms with Crippen molar-refractivity contribution in [1.29, 1.82) is 0 Å². The molecule has 1 N–H and O–H groups in total. The molecule has 216 valence electrons. The number of anilines is 1. The zero-order valence-corrected chi connectivity index (χ0v) is 24.1. The van der Waals surface area contributed by atoms with Crippen LogP contribution in [-0.2, 0) is 4.79 Å². The molecule has 42 heavy (non-hydrogen) atoms. The van der Waals surface area contributed by atoms with Crippen molar-refractivity contribution >= 4 is 40.3 Å². The van der Waals surface area contributed by atoms with Gasteiger partial charge in [0.25, 0.3) is 0 Å². The van der Waals surface area contributed by atoms with Gasteiger partial charge >= 0.3 is 11.7 Å². The SMILES string of the molecule is C=CC(=O)N1CCN(c2nc(=O)n(-c3c(C(=O)O)cccc3C(C)C)c3nc(-c4ccccc4F)c(Cl)cc23)C(C)C1. The zero-order chi connectivity index (χ0) is 30.3. The number of para-hydroxylation sites is 1. The lowest BCUT2D eigenvalue weighted by atomic mass is 9.97. The second kappa shape index (κ2) is 11.4. The first-order chi connectivity index (χ1) is 20.0. The molecule has 4 aromatic rings. The number of halogens is 2. The van der Waals surface area contributed by atoms with E-state index in [-0.39, 0.29) is 56.9 Å². The van der Waals surface area contributed by atoms with E-state index in [0.717, 1.165) is 0 Å². The predicted octanol–water partition coefficient (Wildman–Crippen LogP) is 5.28. The minimum Gasteiger partial charge on any atom is -0.478 e. The number of piperazine rings is 1. The Balaban J connectivity index is 1.85. The molecule has 2 aromatic carbocycles. The summed E-state index contributed by atoms with van der Waals surface area (Å²) in [6, 6.07) is 12.1. The van der Waals surface area contributed by atoms with Crippen molar-refractivity contribution < 1.29 is 19.1 Å². The molecule has 1 amide bonds. The van der Waals surface area contributed by atoms with Gasteiger partial charge in [-0.15, -0.1) is 0 Å². The van der Waals surface area contributed by atoms with Crippen LogP contribution in [0.25, 0.3) is 28.0 Å². The van der Waals surface area contributed by atoms with E-state index in [4.69, 9.17) is 16.6 Å². The van der Waals surface area contributed by atoms with E-state index in [1.165, 1.54) is 28.8 Å².